The summed E-state index contributed by atoms with van der Waals surface area (Å²) in [7, 11) is 0. The molecular weight excluding hydrogens is 256 g/mol. The Morgan fingerprint density at radius 1 is 1.20 bits per heavy atom. The highest BCUT2D eigenvalue weighted by Crippen LogP contribution is 2.40. The van der Waals surface area contributed by atoms with Crippen LogP contribution in [-0.4, -0.2) is 13.1 Å². The lowest BCUT2D eigenvalue weighted by Gasteiger charge is -2.33. The average Bonchev–Trinajstić information content (AvgIpc) is 2.45. The highest BCUT2D eigenvalue weighted by Gasteiger charge is 2.30. The van der Waals surface area contributed by atoms with Gasteiger partial charge in [0.25, 0.3) is 0 Å². The van der Waals surface area contributed by atoms with Gasteiger partial charge in [-0.1, -0.05) is 25.8 Å². The van der Waals surface area contributed by atoms with Gasteiger partial charge in [0.1, 0.15) is 11.6 Å². The Morgan fingerprint density at radius 3 is 2.70 bits per heavy atom. The quantitative estimate of drug-likeness (QED) is 0.781. The van der Waals surface area contributed by atoms with Gasteiger partial charge >= 0.3 is 0 Å². The summed E-state index contributed by atoms with van der Waals surface area (Å²) in [6.45, 7) is 5.68. The second-order valence-electron chi connectivity index (χ2n) is 5.95. The molecule has 1 aliphatic carbocycles. The summed E-state index contributed by atoms with van der Waals surface area (Å²) in [4.78, 5) is 0. The van der Waals surface area contributed by atoms with Gasteiger partial charge in [0.2, 0.25) is 0 Å². The topological polar surface area (TPSA) is 12.0 Å². The van der Waals surface area contributed by atoms with E-state index in [1.807, 2.05) is 0 Å². The zero-order chi connectivity index (χ0) is 14.5. The van der Waals surface area contributed by atoms with Crippen molar-refractivity contribution in [3.05, 3.63) is 34.9 Å². The van der Waals surface area contributed by atoms with Crippen LogP contribution >= 0.6 is 0 Å². The molecule has 0 aromatic heterocycles. The van der Waals surface area contributed by atoms with Gasteiger partial charge in [-0.2, -0.15) is 0 Å². The molecule has 1 fully saturated rings. The van der Waals surface area contributed by atoms with Crippen LogP contribution in [-0.2, 0) is 0 Å². The van der Waals surface area contributed by atoms with E-state index in [2.05, 4.69) is 12.2 Å². The lowest BCUT2D eigenvalue weighted by Crippen LogP contribution is -2.31. The van der Waals surface area contributed by atoms with Crippen molar-refractivity contribution in [2.45, 2.75) is 51.9 Å². The van der Waals surface area contributed by atoms with Crippen LogP contribution in [0.3, 0.4) is 0 Å². The minimum atomic E-state index is -0.375. The van der Waals surface area contributed by atoms with Crippen LogP contribution in [0, 0.1) is 24.5 Å². The zero-order valence-corrected chi connectivity index (χ0v) is 12.5. The molecule has 3 heteroatoms. The van der Waals surface area contributed by atoms with Gasteiger partial charge in [0.05, 0.1) is 0 Å². The molecule has 1 aromatic rings. The summed E-state index contributed by atoms with van der Waals surface area (Å²) in [5.74, 6) is -0.341. The van der Waals surface area contributed by atoms with Crippen LogP contribution < -0.4 is 5.32 Å². The van der Waals surface area contributed by atoms with Gasteiger partial charge in [0, 0.05) is 5.56 Å². The molecule has 112 valence electrons. The van der Waals surface area contributed by atoms with Gasteiger partial charge < -0.3 is 5.32 Å². The summed E-state index contributed by atoms with van der Waals surface area (Å²) in [6.07, 6.45) is 5.29. The second kappa shape index (κ2) is 7.16. The number of halogens is 2. The van der Waals surface area contributed by atoms with Crippen LogP contribution in [0.1, 0.15) is 56.1 Å². The summed E-state index contributed by atoms with van der Waals surface area (Å²) in [6, 6.07) is 2.94. The maximum absolute atomic E-state index is 14.3. The predicted molar refractivity (Wildman–Crippen MR) is 79.0 cm³/mol. The second-order valence-corrected chi connectivity index (χ2v) is 5.95. The van der Waals surface area contributed by atoms with Crippen LogP contribution in [0.5, 0.6) is 0 Å². The smallest absolute Gasteiger partial charge is 0.132 e. The van der Waals surface area contributed by atoms with Gasteiger partial charge in [-0.05, 0) is 62.7 Å². The van der Waals surface area contributed by atoms with E-state index in [1.165, 1.54) is 18.6 Å². The van der Waals surface area contributed by atoms with Crippen molar-refractivity contribution in [1.82, 2.24) is 5.32 Å². The maximum Gasteiger partial charge on any atom is 0.132 e. The Morgan fingerprint density at radius 2 is 1.95 bits per heavy atom. The Hall–Kier alpha value is -0.960. The lowest BCUT2D eigenvalue weighted by molar-refractivity contribution is 0.284. The molecule has 2 atom stereocenters. The van der Waals surface area contributed by atoms with E-state index in [9.17, 15) is 8.78 Å². The number of benzene rings is 1. The van der Waals surface area contributed by atoms with E-state index in [0.29, 0.717) is 17.0 Å². The first-order valence-corrected chi connectivity index (χ1v) is 7.80. The fourth-order valence-corrected chi connectivity index (χ4v) is 3.31. The Bertz CT molecular complexity index is 445. The Balaban J connectivity index is 2.21. The largest absolute Gasteiger partial charge is 0.316 e. The van der Waals surface area contributed by atoms with Gasteiger partial charge in [0.15, 0.2) is 0 Å². The summed E-state index contributed by atoms with van der Waals surface area (Å²) < 4.78 is 28.5. The molecule has 1 saturated carbocycles. The predicted octanol–water partition coefficient (Wildman–Crippen LogP) is 4.55. The molecule has 20 heavy (non-hydrogen) atoms. The van der Waals surface area contributed by atoms with E-state index in [4.69, 9.17) is 0 Å². The van der Waals surface area contributed by atoms with Crippen LogP contribution in [0.4, 0.5) is 8.78 Å². The molecule has 0 aliphatic heterocycles. The van der Waals surface area contributed by atoms with E-state index >= 15 is 0 Å². The molecule has 0 radical (unpaired) electrons. The SMILES string of the molecule is CCCNCC1CCCCC1c1c(F)ccc(C)c1F. The van der Waals surface area contributed by atoms with Crippen molar-refractivity contribution < 1.29 is 8.78 Å². The minimum absolute atomic E-state index is 0.0213. The van der Waals surface area contributed by atoms with Gasteiger partial charge in [-0.25, -0.2) is 8.78 Å². The number of rotatable bonds is 5. The van der Waals surface area contributed by atoms with E-state index in [-0.39, 0.29) is 17.6 Å². The average molecular weight is 281 g/mol. The fourth-order valence-electron chi connectivity index (χ4n) is 3.31. The molecule has 1 nitrogen and oxygen atoms in total. The number of nitrogens with one attached hydrogen (secondary N) is 1. The minimum Gasteiger partial charge on any atom is -0.316 e. The van der Waals surface area contributed by atoms with Crippen LogP contribution in [0.2, 0.25) is 0 Å². The van der Waals surface area contributed by atoms with Crippen molar-refractivity contribution in [3.63, 3.8) is 0 Å². The number of aryl methyl sites for hydroxylation is 1. The molecule has 0 heterocycles. The molecule has 0 spiro atoms. The summed E-state index contributed by atoms with van der Waals surface area (Å²) in [5, 5.41) is 3.41. The Labute approximate surface area is 120 Å². The first-order valence-electron chi connectivity index (χ1n) is 7.80. The van der Waals surface area contributed by atoms with E-state index < -0.39 is 0 Å². The molecule has 2 unspecified atom stereocenters. The van der Waals surface area contributed by atoms with Gasteiger partial charge in [-0.3, -0.25) is 0 Å². The Kier molecular flexibility index (Phi) is 5.53. The monoisotopic (exact) mass is 281 g/mol. The van der Waals surface area contributed by atoms with E-state index in [0.717, 1.165) is 38.8 Å². The first-order chi connectivity index (χ1) is 9.65. The highest BCUT2D eigenvalue weighted by molar-refractivity contribution is 5.30. The third-order valence-electron chi connectivity index (χ3n) is 4.43. The third-order valence-corrected chi connectivity index (χ3v) is 4.43. The fraction of sp³-hybridized carbons (Fsp3) is 0.647. The van der Waals surface area contributed by atoms with E-state index in [1.54, 1.807) is 6.92 Å². The number of hydrogen-bond acceptors (Lipinski definition) is 1. The van der Waals surface area contributed by atoms with Crippen molar-refractivity contribution >= 4 is 0 Å². The molecule has 0 amide bonds. The highest BCUT2D eigenvalue weighted by atomic mass is 19.1. The van der Waals surface area contributed by atoms with Crippen molar-refractivity contribution in [2.75, 3.05) is 13.1 Å². The number of hydrogen-bond donors (Lipinski definition) is 1. The molecule has 0 saturated heterocycles. The normalized spacial score (nSPS) is 23.0. The maximum atomic E-state index is 14.3. The molecule has 2 rings (SSSR count). The zero-order valence-electron chi connectivity index (χ0n) is 12.5. The first kappa shape index (κ1) is 15.4. The molecule has 0 bridgehead atoms. The molecule has 1 aromatic carbocycles. The molecule has 1 aliphatic rings. The van der Waals surface area contributed by atoms with Gasteiger partial charge in [-0.15, -0.1) is 0 Å². The summed E-state index contributed by atoms with van der Waals surface area (Å²) in [5.41, 5.74) is 0.875. The van der Waals surface area contributed by atoms with Crippen molar-refractivity contribution in [3.8, 4) is 0 Å². The third kappa shape index (κ3) is 3.38. The molecule has 1 N–H and O–H groups in total. The molecular formula is C17H25F2N. The van der Waals surface area contributed by atoms with Crippen molar-refractivity contribution in [1.29, 1.82) is 0 Å². The lowest BCUT2D eigenvalue weighted by atomic mass is 9.74. The standard InChI is InChI=1S/C17H25F2N/c1-3-10-20-11-13-6-4-5-7-14(13)16-15(18)9-8-12(2)17(16)19/h8-9,13-14,20H,3-7,10-11H2,1-2H3. The van der Waals surface area contributed by atoms with Crippen molar-refractivity contribution in [2.24, 2.45) is 5.92 Å². The van der Waals surface area contributed by atoms with Crippen LogP contribution in [0.15, 0.2) is 12.1 Å². The summed E-state index contributed by atoms with van der Waals surface area (Å²) >= 11 is 0. The van der Waals surface area contributed by atoms with Crippen LogP contribution in [0.25, 0.3) is 0 Å².